The third-order valence-corrected chi connectivity index (χ3v) is 12.1. The van der Waals surface area contributed by atoms with Crippen molar-refractivity contribution in [2.24, 2.45) is 10.2 Å². The molecule has 2 aliphatic carbocycles. The lowest BCUT2D eigenvalue weighted by molar-refractivity contribution is 0.105. The maximum absolute atomic E-state index is 13.3. The standard InChI is InChI=1S/C32H24N6O16S4/c33-17-11-26(57(49,50)51)32(58(52,53)54)16-4-8-20(30(41)27(16)17)37-35-18-5-1-13(9-22(18)39)14-2-6-19(23(40)10-14)36-38-21-7-3-15-24(55(43,44)45)12-25(56(46,47)48)29(34)28(15)31(21)42/h1-12,35-36,39-40H,33-34H2,(H,43,44,45)(H,46,47,48)(H,49,50,51)(H,52,53,54)/b37-20+,38-21+. The normalized spacial score (nSPS) is 15.7. The van der Waals surface area contributed by atoms with Gasteiger partial charge < -0.3 is 21.7 Å². The highest BCUT2D eigenvalue weighted by molar-refractivity contribution is 7.89. The molecule has 0 aromatic heterocycles. The van der Waals surface area contributed by atoms with E-state index in [-0.39, 0.29) is 11.4 Å². The highest BCUT2D eigenvalue weighted by Gasteiger charge is 2.35. The van der Waals surface area contributed by atoms with Gasteiger partial charge in [0.2, 0.25) is 11.6 Å². The number of nitrogens with zero attached hydrogens (tertiary/aromatic N) is 2. The van der Waals surface area contributed by atoms with Crippen LogP contribution in [0.5, 0.6) is 11.5 Å². The van der Waals surface area contributed by atoms with E-state index in [1.165, 1.54) is 36.4 Å². The molecular formula is C32H24N6O16S4. The van der Waals surface area contributed by atoms with E-state index in [4.69, 9.17) is 11.5 Å². The average Bonchev–Trinajstić information content (AvgIpc) is 3.09. The predicted molar refractivity (Wildman–Crippen MR) is 205 cm³/mol. The molecule has 0 atom stereocenters. The zero-order valence-electron chi connectivity index (χ0n) is 28.4. The fourth-order valence-corrected chi connectivity index (χ4v) is 9.26. The third kappa shape index (κ3) is 7.63. The number of ketones is 2. The number of phenols is 2. The van der Waals surface area contributed by atoms with Crippen LogP contribution in [0.1, 0.15) is 31.8 Å². The number of fused-ring (bicyclic) bond motifs is 2. The molecule has 26 heteroatoms. The molecule has 0 radical (unpaired) electrons. The molecule has 0 saturated heterocycles. The Labute approximate surface area is 326 Å². The molecule has 0 spiro atoms. The minimum atomic E-state index is -5.31. The fourth-order valence-electron chi connectivity index (χ4n) is 5.81. The zero-order chi connectivity index (χ0) is 42.9. The molecule has 12 N–H and O–H groups in total. The van der Waals surface area contributed by atoms with Gasteiger partial charge in [0.1, 0.15) is 42.5 Å². The fraction of sp³-hybridized carbons (Fsp3) is 0. The molecule has 4 aromatic carbocycles. The van der Waals surface area contributed by atoms with Crippen LogP contribution in [0.3, 0.4) is 0 Å². The Kier molecular flexibility index (Phi) is 10.0. The number of anilines is 4. The summed E-state index contributed by atoms with van der Waals surface area (Å²) in [5, 5.41) is 29.2. The van der Waals surface area contributed by atoms with Gasteiger partial charge in [0.25, 0.3) is 40.5 Å². The Bertz CT molecular complexity index is 3140. The summed E-state index contributed by atoms with van der Waals surface area (Å²) in [5.74, 6) is -2.99. The van der Waals surface area contributed by atoms with Crippen LogP contribution in [-0.4, -0.2) is 85.1 Å². The van der Waals surface area contributed by atoms with E-state index in [9.17, 15) is 71.7 Å². The summed E-state index contributed by atoms with van der Waals surface area (Å²) in [6.07, 6.45) is 3.91. The van der Waals surface area contributed by atoms with Crippen molar-refractivity contribution in [2.45, 2.75) is 19.6 Å². The number of hydrazone groups is 2. The van der Waals surface area contributed by atoms with Crippen molar-refractivity contribution in [1.29, 1.82) is 0 Å². The van der Waals surface area contributed by atoms with Crippen molar-refractivity contribution in [3.8, 4) is 22.6 Å². The van der Waals surface area contributed by atoms with E-state index in [2.05, 4.69) is 21.1 Å². The number of rotatable bonds is 9. The number of nitrogens with two attached hydrogens (primary N) is 2. The molecular weight excluding hydrogens is 853 g/mol. The summed E-state index contributed by atoms with van der Waals surface area (Å²) in [6, 6.07) is 8.90. The SMILES string of the molecule is Nc1cc(S(=O)(=O)O)c(S(=O)(=O)O)c2c1C(=O)/C(=N/Nc1ccc(-c3ccc(N/N=C4\C=Cc5c(S(=O)(=O)O)cc(S(=O)(=O)O)c(N)c5C4=O)c(O)c3)cc1O)C=C2. The number of carbonyl (C=O) groups is 2. The number of hydrogen-bond donors (Lipinski definition) is 10. The summed E-state index contributed by atoms with van der Waals surface area (Å²) in [6.45, 7) is 0. The van der Waals surface area contributed by atoms with Gasteiger partial charge in [-0.05, 0) is 59.7 Å². The van der Waals surface area contributed by atoms with E-state index in [1.54, 1.807) is 0 Å². The first-order chi connectivity index (χ1) is 26.8. The molecule has 4 aromatic rings. The van der Waals surface area contributed by atoms with E-state index < -0.39 is 128 Å². The first-order valence-corrected chi connectivity index (χ1v) is 21.2. The van der Waals surface area contributed by atoms with Crippen LogP contribution >= 0.6 is 0 Å². The van der Waals surface area contributed by atoms with E-state index >= 15 is 0 Å². The van der Waals surface area contributed by atoms with Gasteiger partial charge in [0.05, 0.1) is 28.2 Å². The van der Waals surface area contributed by atoms with Crippen LogP contribution in [0, 0.1) is 0 Å². The van der Waals surface area contributed by atoms with Gasteiger partial charge in [0.15, 0.2) is 0 Å². The van der Waals surface area contributed by atoms with Gasteiger partial charge in [-0.1, -0.05) is 24.3 Å². The number of hydrogen-bond acceptors (Lipinski definition) is 18. The minimum absolute atomic E-state index is 0.0604. The Morgan fingerprint density at radius 1 is 0.517 bits per heavy atom. The van der Waals surface area contributed by atoms with Gasteiger partial charge in [-0.2, -0.15) is 43.9 Å². The molecule has 6 rings (SSSR count). The number of carbonyl (C=O) groups excluding carboxylic acids is 2. The largest absolute Gasteiger partial charge is 0.506 e. The second-order valence-corrected chi connectivity index (χ2v) is 17.6. The van der Waals surface area contributed by atoms with E-state index in [0.717, 1.165) is 24.3 Å². The van der Waals surface area contributed by atoms with Crippen molar-refractivity contribution >= 4 is 98.4 Å². The summed E-state index contributed by atoms with van der Waals surface area (Å²) in [7, 11) is -20.8. The van der Waals surface area contributed by atoms with Crippen molar-refractivity contribution in [3.63, 3.8) is 0 Å². The molecule has 22 nitrogen and oxygen atoms in total. The molecule has 0 saturated carbocycles. The number of phenolic OH excluding ortho intramolecular Hbond substituents is 2. The Hall–Kier alpha value is -6.52. The lowest BCUT2D eigenvalue weighted by atomic mass is 9.93. The highest BCUT2D eigenvalue weighted by atomic mass is 32.2. The monoisotopic (exact) mass is 876 g/mol. The number of nitrogen functional groups attached to an aromatic ring is 2. The molecule has 0 aliphatic heterocycles. The molecule has 2 aliphatic rings. The number of benzene rings is 4. The van der Waals surface area contributed by atoms with Gasteiger partial charge in [-0.25, -0.2) is 0 Å². The lowest BCUT2D eigenvalue weighted by Gasteiger charge is -2.18. The molecule has 302 valence electrons. The average molecular weight is 877 g/mol. The molecule has 58 heavy (non-hydrogen) atoms. The number of allylic oxidation sites excluding steroid dienone is 2. The second-order valence-electron chi connectivity index (χ2n) is 12.1. The first kappa shape index (κ1) is 41.1. The van der Waals surface area contributed by atoms with Crippen LogP contribution in [0.2, 0.25) is 0 Å². The number of nitrogens with one attached hydrogen (secondary N) is 2. The smallest absolute Gasteiger partial charge is 0.296 e. The zero-order valence-corrected chi connectivity index (χ0v) is 31.6. The Balaban J connectivity index is 1.22. The quantitative estimate of drug-likeness (QED) is 0.0499. The van der Waals surface area contributed by atoms with Crippen LogP contribution in [-0.2, 0) is 40.5 Å². The van der Waals surface area contributed by atoms with E-state index in [0.29, 0.717) is 23.3 Å². The number of aromatic hydroxyl groups is 2. The minimum Gasteiger partial charge on any atom is -0.506 e. The number of Topliss-reactive ketones (excluding diaryl/α,β-unsaturated/α-hetero) is 2. The summed E-state index contributed by atoms with van der Waals surface area (Å²) < 4.78 is 134. The van der Waals surface area contributed by atoms with Crippen molar-refractivity contribution < 1.29 is 71.7 Å². The summed E-state index contributed by atoms with van der Waals surface area (Å²) in [4.78, 5) is 21.8. The topological polar surface area (TPSA) is 393 Å². The molecule has 0 fully saturated rings. The van der Waals surface area contributed by atoms with E-state index in [1.807, 2.05) is 0 Å². The van der Waals surface area contributed by atoms with Gasteiger partial charge in [-0.3, -0.25) is 38.7 Å². The van der Waals surface area contributed by atoms with Crippen LogP contribution in [0.25, 0.3) is 23.3 Å². The highest BCUT2D eigenvalue weighted by Crippen LogP contribution is 2.38. The summed E-state index contributed by atoms with van der Waals surface area (Å²) in [5.41, 5.74) is 12.4. The van der Waals surface area contributed by atoms with Crippen LogP contribution in [0.4, 0.5) is 22.7 Å². The van der Waals surface area contributed by atoms with Crippen molar-refractivity contribution in [2.75, 3.05) is 22.3 Å². The van der Waals surface area contributed by atoms with Crippen molar-refractivity contribution in [3.05, 3.63) is 82.9 Å². The maximum Gasteiger partial charge on any atom is 0.296 e. The molecule has 0 unspecified atom stereocenters. The molecule has 0 bridgehead atoms. The first-order valence-electron chi connectivity index (χ1n) is 15.4. The Morgan fingerprint density at radius 3 is 1.40 bits per heavy atom. The maximum atomic E-state index is 13.3. The second kappa shape index (κ2) is 14.1. The predicted octanol–water partition coefficient (Wildman–Crippen LogP) is 2.27. The Morgan fingerprint density at radius 2 is 0.966 bits per heavy atom. The lowest BCUT2D eigenvalue weighted by Crippen LogP contribution is -2.23. The van der Waals surface area contributed by atoms with Gasteiger partial charge >= 0.3 is 0 Å². The third-order valence-electron chi connectivity index (χ3n) is 8.39. The summed E-state index contributed by atoms with van der Waals surface area (Å²) >= 11 is 0. The van der Waals surface area contributed by atoms with Gasteiger partial charge in [-0.15, -0.1) is 0 Å². The van der Waals surface area contributed by atoms with Crippen LogP contribution < -0.4 is 22.3 Å². The van der Waals surface area contributed by atoms with Crippen LogP contribution in [0.15, 0.2) is 90.5 Å². The van der Waals surface area contributed by atoms with Crippen molar-refractivity contribution in [1.82, 2.24) is 0 Å². The van der Waals surface area contributed by atoms with Gasteiger partial charge in [0, 0.05) is 16.8 Å². The molecule has 0 heterocycles. The molecule has 0 amide bonds.